The molecule has 98 valence electrons. The maximum atomic E-state index is 12.7. The van der Waals surface area contributed by atoms with E-state index < -0.39 is 0 Å². The van der Waals surface area contributed by atoms with Crippen molar-refractivity contribution in [2.24, 2.45) is 0 Å². The van der Waals surface area contributed by atoms with Gasteiger partial charge in [-0.1, -0.05) is 28.1 Å². The second kappa shape index (κ2) is 6.33. The van der Waals surface area contributed by atoms with E-state index in [1.165, 1.54) is 24.3 Å². The molecule has 0 aliphatic heterocycles. The Balaban J connectivity index is 1.86. The van der Waals surface area contributed by atoms with Crippen LogP contribution in [0.3, 0.4) is 0 Å². The number of urea groups is 1. The van der Waals surface area contributed by atoms with E-state index in [1.54, 1.807) is 0 Å². The fourth-order valence-electron chi connectivity index (χ4n) is 1.54. The third-order valence-corrected chi connectivity index (χ3v) is 2.94. The third-order valence-electron chi connectivity index (χ3n) is 2.44. The number of carbonyl (C=O) groups excluding carboxylic acids is 1. The van der Waals surface area contributed by atoms with Gasteiger partial charge in [-0.15, -0.1) is 0 Å². The van der Waals surface area contributed by atoms with E-state index in [9.17, 15) is 9.18 Å². The van der Waals surface area contributed by atoms with E-state index in [4.69, 9.17) is 0 Å². The van der Waals surface area contributed by atoms with Crippen LogP contribution in [0.25, 0.3) is 0 Å². The molecule has 0 aliphatic carbocycles. The number of nitrogens with one attached hydrogen (secondary N) is 2. The first kappa shape index (κ1) is 13.5. The SMILES string of the molecule is O=C(NCc1cccc(Br)c1)Nc1ccc(F)cc1. The Labute approximate surface area is 119 Å². The van der Waals surface area contributed by atoms with Gasteiger partial charge in [0.2, 0.25) is 0 Å². The van der Waals surface area contributed by atoms with Crippen molar-refractivity contribution < 1.29 is 9.18 Å². The number of hydrogen-bond acceptors (Lipinski definition) is 1. The van der Waals surface area contributed by atoms with Crippen molar-refractivity contribution in [3.63, 3.8) is 0 Å². The normalized spacial score (nSPS) is 10.0. The zero-order chi connectivity index (χ0) is 13.7. The molecule has 0 unspecified atom stereocenters. The Morgan fingerprint density at radius 2 is 1.89 bits per heavy atom. The summed E-state index contributed by atoms with van der Waals surface area (Å²) in [6.07, 6.45) is 0. The maximum absolute atomic E-state index is 12.7. The summed E-state index contributed by atoms with van der Waals surface area (Å²) in [5.41, 5.74) is 1.54. The van der Waals surface area contributed by atoms with Gasteiger partial charge >= 0.3 is 6.03 Å². The molecule has 0 atom stereocenters. The van der Waals surface area contributed by atoms with E-state index >= 15 is 0 Å². The molecule has 2 aromatic rings. The number of carbonyl (C=O) groups is 1. The Morgan fingerprint density at radius 3 is 2.58 bits per heavy atom. The molecule has 0 heterocycles. The average Bonchev–Trinajstić information content (AvgIpc) is 2.39. The lowest BCUT2D eigenvalue weighted by atomic mass is 10.2. The highest BCUT2D eigenvalue weighted by Gasteiger charge is 2.02. The van der Waals surface area contributed by atoms with Crippen LogP contribution < -0.4 is 10.6 Å². The second-order valence-corrected chi connectivity index (χ2v) is 4.86. The highest BCUT2D eigenvalue weighted by Crippen LogP contribution is 2.11. The van der Waals surface area contributed by atoms with Gasteiger partial charge in [-0.3, -0.25) is 0 Å². The molecule has 0 bridgehead atoms. The molecule has 2 rings (SSSR count). The number of anilines is 1. The Hall–Kier alpha value is -1.88. The highest BCUT2D eigenvalue weighted by atomic mass is 79.9. The number of rotatable bonds is 3. The smallest absolute Gasteiger partial charge is 0.319 e. The summed E-state index contributed by atoms with van der Waals surface area (Å²) in [5, 5.41) is 5.35. The number of benzene rings is 2. The van der Waals surface area contributed by atoms with Crippen LogP contribution in [0, 0.1) is 5.82 Å². The van der Waals surface area contributed by atoms with Crippen LogP contribution >= 0.6 is 15.9 Å². The largest absolute Gasteiger partial charge is 0.334 e. The van der Waals surface area contributed by atoms with E-state index in [1.807, 2.05) is 24.3 Å². The molecule has 2 N–H and O–H groups in total. The lowest BCUT2D eigenvalue weighted by molar-refractivity contribution is 0.251. The summed E-state index contributed by atoms with van der Waals surface area (Å²) in [4.78, 5) is 11.6. The molecule has 0 saturated carbocycles. The summed E-state index contributed by atoms with van der Waals surface area (Å²) in [7, 11) is 0. The van der Waals surface area contributed by atoms with Crippen molar-refractivity contribution in [2.45, 2.75) is 6.54 Å². The van der Waals surface area contributed by atoms with Crippen molar-refractivity contribution in [1.82, 2.24) is 5.32 Å². The minimum atomic E-state index is -0.333. The van der Waals surface area contributed by atoms with E-state index in [-0.39, 0.29) is 11.8 Å². The molecule has 0 aromatic heterocycles. The predicted octanol–water partition coefficient (Wildman–Crippen LogP) is 3.91. The van der Waals surface area contributed by atoms with Crippen LogP contribution in [0.1, 0.15) is 5.56 Å². The molecule has 3 nitrogen and oxygen atoms in total. The molecule has 5 heteroatoms. The minimum absolute atomic E-state index is 0.327. The zero-order valence-electron chi connectivity index (χ0n) is 9.99. The van der Waals surface area contributed by atoms with Gasteiger partial charge in [-0.05, 0) is 42.0 Å². The van der Waals surface area contributed by atoms with Crippen molar-refractivity contribution >= 4 is 27.6 Å². The number of hydrogen-bond donors (Lipinski definition) is 2. The molecule has 0 aliphatic rings. The highest BCUT2D eigenvalue weighted by molar-refractivity contribution is 9.10. The molecular formula is C14H12BrFN2O. The number of halogens is 2. The lowest BCUT2D eigenvalue weighted by Crippen LogP contribution is -2.28. The summed E-state index contributed by atoms with van der Waals surface area (Å²) in [6, 6.07) is 12.9. The van der Waals surface area contributed by atoms with Gasteiger partial charge in [0.1, 0.15) is 5.82 Å². The standard InChI is InChI=1S/C14H12BrFN2O/c15-11-3-1-2-10(8-11)9-17-14(19)18-13-6-4-12(16)5-7-13/h1-8H,9H2,(H2,17,18,19). The monoisotopic (exact) mass is 322 g/mol. The lowest BCUT2D eigenvalue weighted by Gasteiger charge is -2.08. The van der Waals surface area contributed by atoms with Gasteiger partial charge in [0, 0.05) is 16.7 Å². The molecule has 0 fully saturated rings. The molecule has 19 heavy (non-hydrogen) atoms. The number of amides is 2. The van der Waals surface area contributed by atoms with Crippen molar-refractivity contribution in [3.8, 4) is 0 Å². The average molecular weight is 323 g/mol. The van der Waals surface area contributed by atoms with E-state index in [0.29, 0.717) is 12.2 Å². The fraction of sp³-hybridized carbons (Fsp3) is 0.0714. The zero-order valence-corrected chi connectivity index (χ0v) is 11.6. The van der Waals surface area contributed by atoms with Gasteiger partial charge in [0.05, 0.1) is 0 Å². The van der Waals surface area contributed by atoms with E-state index in [2.05, 4.69) is 26.6 Å². The molecule has 0 spiro atoms. The first-order valence-electron chi connectivity index (χ1n) is 5.68. The van der Waals surface area contributed by atoms with Crippen molar-refractivity contribution in [2.75, 3.05) is 5.32 Å². The van der Waals surface area contributed by atoms with Crippen LogP contribution in [0.4, 0.5) is 14.9 Å². The first-order chi connectivity index (χ1) is 9.13. The molecule has 2 amide bonds. The Kier molecular flexibility index (Phi) is 4.52. The molecule has 0 saturated heterocycles. The maximum Gasteiger partial charge on any atom is 0.319 e. The Morgan fingerprint density at radius 1 is 1.16 bits per heavy atom. The van der Waals surface area contributed by atoms with Gasteiger partial charge < -0.3 is 10.6 Å². The van der Waals surface area contributed by atoms with Gasteiger partial charge in [0.15, 0.2) is 0 Å². The minimum Gasteiger partial charge on any atom is -0.334 e. The second-order valence-electron chi connectivity index (χ2n) is 3.94. The molecular weight excluding hydrogens is 311 g/mol. The molecule has 0 radical (unpaired) electrons. The predicted molar refractivity (Wildman–Crippen MR) is 76.4 cm³/mol. The fourth-order valence-corrected chi connectivity index (χ4v) is 1.98. The van der Waals surface area contributed by atoms with Gasteiger partial charge in [-0.25, -0.2) is 9.18 Å². The first-order valence-corrected chi connectivity index (χ1v) is 6.47. The van der Waals surface area contributed by atoms with Crippen LogP contribution in [-0.2, 0) is 6.54 Å². The quantitative estimate of drug-likeness (QED) is 0.883. The summed E-state index contributed by atoms with van der Waals surface area (Å²) in [6.45, 7) is 0.423. The summed E-state index contributed by atoms with van der Waals surface area (Å²) < 4.78 is 13.7. The third kappa shape index (κ3) is 4.37. The van der Waals surface area contributed by atoms with Gasteiger partial charge in [0.25, 0.3) is 0 Å². The summed E-state index contributed by atoms with van der Waals surface area (Å²) in [5.74, 6) is -0.333. The van der Waals surface area contributed by atoms with Crippen LogP contribution in [0.15, 0.2) is 53.0 Å². The van der Waals surface area contributed by atoms with E-state index in [0.717, 1.165) is 10.0 Å². The summed E-state index contributed by atoms with van der Waals surface area (Å²) >= 11 is 3.37. The van der Waals surface area contributed by atoms with Crippen LogP contribution in [-0.4, -0.2) is 6.03 Å². The van der Waals surface area contributed by atoms with Crippen molar-refractivity contribution in [3.05, 3.63) is 64.4 Å². The molecule has 2 aromatic carbocycles. The van der Waals surface area contributed by atoms with Crippen LogP contribution in [0.2, 0.25) is 0 Å². The van der Waals surface area contributed by atoms with Crippen molar-refractivity contribution in [1.29, 1.82) is 0 Å². The van der Waals surface area contributed by atoms with Crippen LogP contribution in [0.5, 0.6) is 0 Å². The van der Waals surface area contributed by atoms with Gasteiger partial charge in [-0.2, -0.15) is 0 Å². The Bertz CT molecular complexity index is 572. The topological polar surface area (TPSA) is 41.1 Å².